The van der Waals surface area contributed by atoms with Gasteiger partial charge in [-0.25, -0.2) is 4.79 Å². The summed E-state index contributed by atoms with van der Waals surface area (Å²) < 4.78 is 10.3. The molecule has 0 amide bonds. The van der Waals surface area contributed by atoms with Crippen LogP contribution in [0.2, 0.25) is 0 Å². The molecule has 0 radical (unpaired) electrons. The van der Waals surface area contributed by atoms with Gasteiger partial charge in [0.1, 0.15) is 5.75 Å². The molecule has 1 aromatic rings. The van der Waals surface area contributed by atoms with E-state index in [2.05, 4.69) is 0 Å². The number of carbonyl (C=O) groups is 1. The number of carbonyl (C=O) groups excluding carboxylic acids is 1. The Morgan fingerprint density at radius 1 is 1.24 bits per heavy atom. The van der Waals surface area contributed by atoms with E-state index in [0.717, 1.165) is 5.75 Å². The molecule has 0 unspecified atom stereocenters. The van der Waals surface area contributed by atoms with Crippen LogP contribution in [-0.2, 0) is 4.74 Å². The first-order valence-electron chi connectivity index (χ1n) is 5.78. The number of hydrogen-bond donors (Lipinski definition) is 1. The van der Waals surface area contributed by atoms with Crippen molar-refractivity contribution >= 4 is 5.97 Å². The second kappa shape index (κ2) is 7.68. The summed E-state index contributed by atoms with van der Waals surface area (Å²) in [6, 6.07) is 6.85. The molecule has 0 atom stereocenters. The van der Waals surface area contributed by atoms with E-state index in [0.29, 0.717) is 31.6 Å². The van der Waals surface area contributed by atoms with Crippen LogP contribution in [0.1, 0.15) is 30.1 Å². The summed E-state index contributed by atoms with van der Waals surface area (Å²) in [5, 5.41) is 8.58. The minimum atomic E-state index is -0.342. The topological polar surface area (TPSA) is 55.8 Å². The highest BCUT2D eigenvalue weighted by Crippen LogP contribution is 2.12. The Morgan fingerprint density at radius 2 is 1.94 bits per heavy atom. The van der Waals surface area contributed by atoms with E-state index >= 15 is 0 Å². The molecular formula is C13H18O4. The van der Waals surface area contributed by atoms with Crippen molar-refractivity contribution in [1.29, 1.82) is 0 Å². The van der Waals surface area contributed by atoms with Crippen molar-refractivity contribution < 1.29 is 19.4 Å². The third-order valence-electron chi connectivity index (χ3n) is 2.19. The zero-order valence-electron chi connectivity index (χ0n) is 10.0. The maximum Gasteiger partial charge on any atom is 0.338 e. The maximum absolute atomic E-state index is 11.6. The van der Waals surface area contributed by atoms with E-state index in [9.17, 15) is 4.79 Å². The van der Waals surface area contributed by atoms with Crippen LogP contribution in [-0.4, -0.2) is 30.9 Å². The lowest BCUT2D eigenvalue weighted by molar-refractivity contribution is 0.0492. The fourth-order valence-electron chi connectivity index (χ4n) is 1.32. The minimum Gasteiger partial charge on any atom is -0.494 e. The van der Waals surface area contributed by atoms with E-state index in [1.54, 1.807) is 24.3 Å². The Kier molecular flexibility index (Phi) is 6.10. The minimum absolute atomic E-state index is 0.126. The number of aliphatic hydroxyl groups excluding tert-OH is 1. The summed E-state index contributed by atoms with van der Waals surface area (Å²) in [6.45, 7) is 2.97. The predicted octanol–water partition coefficient (Wildman–Crippen LogP) is 2.01. The third kappa shape index (κ3) is 4.87. The van der Waals surface area contributed by atoms with Crippen molar-refractivity contribution in [3.05, 3.63) is 29.8 Å². The summed E-state index contributed by atoms with van der Waals surface area (Å²) in [7, 11) is 0. The highest BCUT2D eigenvalue weighted by molar-refractivity contribution is 5.89. The van der Waals surface area contributed by atoms with Crippen LogP contribution in [0.15, 0.2) is 24.3 Å². The van der Waals surface area contributed by atoms with Gasteiger partial charge in [0.15, 0.2) is 0 Å². The Balaban J connectivity index is 2.40. The number of rotatable bonds is 7. The fourth-order valence-corrected chi connectivity index (χ4v) is 1.32. The van der Waals surface area contributed by atoms with Crippen molar-refractivity contribution in [2.75, 3.05) is 19.8 Å². The van der Waals surface area contributed by atoms with Crippen molar-refractivity contribution in [3.63, 3.8) is 0 Å². The van der Waals surface area contributed by atoms with E-state index in [4.69, 9.17) is 14.6 Å². The molecule has 0 fully saturated rings. The van der Waals surface area contributed by atoms with Crippen LogP contribution >= 0.6 is 0 Å². The van der Waals surface area contributed by atoms with Gasteiger partial charge < -0.3 is 14.6 Å². The molecule has 94 valence electrons. The molecule has 0 aliphatic heterocycles. The van der Waals surface area contributed by atoms with E-state index in [-0.39, 0.29) is 12.6 Å². The highest BCUT2D eigenvalue weighted by atomic mass is 16.5. The standard InChI is InChI=1S/C13H18O4/c1-2-16-12-7-5-11(6-8-12)13(15)17-10-4-3-9-14/h5-8,14H,2-4,9-10H2,1H3. The van der Waals surface area contributed by atoms with Crippen molar-refractivity contribution in [2.24, 2.45) is 0 Å². The first-order valence-corrected chi connectivity index (χ1v) is 5.78. The molecule has 0 saturated heterocycles. The van der Waals surface area contributed by atoms with Gasteiger partial charge in [0.25, 0.3) is 0 Å². The van der Waals surface area contributed by atoms with Crippen LogP contribution in [0.4, 0.5) is 0 Å². The van der Waals surface area contributed by atoms with Gasteiger partial charge in [0.05, 0.1) is 18.8 Å². The SMILES string of the molecule is CCOc1ccc(C(=O)OCCCCO)cc1. The van der Waals surface area contributed by atoms with Crippen molar-refractivity contribution in [1.82, 2.24) is 0 Å². The van der Waals surface area contributed by atoms with Gasteiger partial charge in [-0.1, -0.05) is 0 Å². The average Bonchev–Trinajstić information content (AvgIpc) is 2.36. The summed E-state index contributed by atoms with van der Waals surface area (Å²) in [4.78, 5) is 11.6. The molecule has 0 saturated carbocycles. The highest BCUT2D eigenvalue weighted by Gasteiger charge is 2.06. The number of ether oxygens (including phenoxy) is 2. The Labute approximate surface area is 101 Å². The zero-order valence-corrected chi connectivity index (χ0v) is 10.0. The summed E-state index contributed by atoms with van der Waals surface area (Å²) in [6.07, 6.45) is 1.33. The van der Waals surface area contributed by atoms with E-state index in [1.165, 1.54) is 0 Å². The molecule has 1 aromatic carbocycles. The molecule has 17 heavy (non-hydrogen) atoms. The summed E-state index contributed by atoms with van der Waals surface area (Å²) >= 11 is 0. The molecule has 0 aliphatic carbocycles. The Morgan fingerprint density at radius 3 is 2.53 bits per heavy atom. The average molecular weight is 238 g/mol. The first-order chi connectivity index (χ1) is 8.27. The second-order valence-corrected chi connectivity index (χ2v) is 3.52. The van der Waals surface area contributed by atoms with E-state index < -0.39 is 0 Å². The quantitative estimate of drug-likeness (QED) is 0.583. The van der Waals surface area contributed by atoms with E-state index in [1.807, 2.05) is 6.92 Å². The first kappa shape index (κ1) is 13.5. The lowest BCUT2D eigenvalue weighted by Gasteiger charge is -2.05. The number of esters is 1. The number of hydrogen-bond acceptors (Lipinski definition) is 4. The van der Waals surface area contributed by atoms with Crippen molar-refractivity contribution in [3.8, 4) is 5.75 Å². The monoisotopic (exact) mass is 238 g/mol. The molecule has 1 rings (SSSR count). The number of benzene rings is 1. The van der Waals surface area contributed by atoms with Crippen LogP contribution in [0, 0.1) is 0 Å². The maximum atomic E-state index is 11.6. The third-order valence-corrected chi connectivity index (χ3v) is 2.19. The summed E-state index contributed by atoms with van der Waals surface area (Å²) in [5.74, 6) is 0.398. The van der Waals surface area contributed by atoms with Gasteiger partial charge in [-0.2, -0.15) is 0 Å². The zero-order chi connectivity index (χ0) is 12.5. The molecule has 0 aliphatic rings. The van der Waals surface area contributed by atoms with Gasteiger partial charge in [0.2, 0.25) is 0 Å². The lowest BCUT2D eigenvalue weighted by Crippen LogP contribution is -2.06. The molecule has 1 N–H and O–H groups in total. The van der Waals surface area contributed by atoms with Gasteiger partial charge >= 0.3 is 5.97 Å². The second-order valence-electron chi connectivity index (χ2n) is 3.52. The summed E-state index contributed by atoms with van der Waals surface area (Å²) in [5.41, 5.74) is 0.512. The molecule has 0 bridgehead atoms. The molecule has 0 heterocycles. The van der Waals surface area contributed by atoms with Gasteiger partial charge in [-0.05, 0) is 44.0 Å². The Hall–Kier alpha value is -1.55. The van der Waals surface area contributed by atoms with Crippen LogP contribution in [0.5, 0.6) is 5.75 Å². The molecule has 4 nitrogen and oxygen atoms in total. The predicted molar refractivity (Wildman–Crippen MR) is 64.2 cm³/mol. The van der Waals surface area contributed by atoms with Gasteiger partial charge in [-0.3, -0.25) is 0 Å². The van der Waals surface area contributed by atoms with Gasteiger partial charge in [-0.15, -0.1) is 0 Å². The molecule has 4 heteroatoms. The number of unbranched alkanes of at least 4 members (excludes halogenated alkanes) is 1. The molecule has 0 aromatic heterocycles. The Bertz CT molecular complexity index is 332. The van der Waals surface area contributed by atoms with Crippen LogP contribution in [0.25, 0.3) is 0 Å². The number of aliphatic hydroxyl groups is 1. The van der Waals surface area contributed by atoms with Gasteiger partial charge in [0, 0.05) is 6.61 Å². The smallest absolute Gasteiger partial charge is 0.338 e. The van der Waals surface area contributed by atoms with Crippen LogP contribution in [0.3, 0.4) is 0 Å². The molecule has 0 spiro atoms. The largest absolute Gasteiger partial charge is 0.494 e. The fraction of sp³-hybridized carbons (Fsp3) is 0.462. The van der Waals surface area contributed by atoms with Crippen LogP contribution < -0.4 is 4.74 Å². The lowest BCUT2D eigenvalue weighted by atomic mass is 10.2. The normalized spacial score (nSPS) is 10.0. The molecular weight excluding hydrogens is 220 g/mol. The van der Waals surface area contributed by atoms with Crippen molar-refractivity contribution in [2.45, 2.75) is 19.8 Å².